The number of hydrogen-bond donors (Lipinski definition) is 3. The lowest BCUT2D eigenvalue weighted by atomic mass is 9.95. The van der Waals surface area contributed by atoms with Gasteiger partial charge in [-0.2, -0.15) is 0 Å². The van der Waals surface area contributed by atoms with E-state index in [9.17, 15) is 0 Å². The average molecular weight is 676 g/mol. The summed E-state index contributed by atoms with van der Waals surface area (Å²) in [5.74, 6) is 0. The number of hydrogen-bond acceptors (Lipinski definition) is 3. The summed E-state index contributed by atoms with van der Waals surface area (Å²) in [5.41, 5.74) is 25.1. The minimum Gasteiger partial charge on any atom is -0.402 e. The number of allylic oxidation sites excluding steroid dienone is 13. The van der Waals surface area contributed by atoms with Gasteiger partial charge in [0, 0.05) is 11.2 Å². The van der Waals surface area contributed by atoms with E-state index in [2.05, 4.69) is 87.3 Å². The van der Waals surface area contributed by atoms with Crippen molar-refractivity contribution in [3.8, 4) is 0 Å². The Bertz CT molecular complexity index is 814. The van der Waals surface area contributed by atoms with Gasteiger partial charge in [-0.25, -0.2) is 0 Å². The van der Waals surface area contributed by atoms with Gasteiger partial charge < -0.3 is 17.2 Å². The maximum Gasteiger partial charge on any atom is 0.0123 e. The minimum atomic E-state index is 0.0920. The molecule has 0 rings (SSSR count). The Morgan fingerprint density at radius 1 is 0.708 bits per heavy atom. The monoisotopic (exact) mass is 676 g/mol. The van der Waals surface area contributed by atoms with Crippen molar-refractivity contribution in [3.63, 3.8) is 0 Å². The normalized spacial score (nSPS) is 11.1. The zero-order valence-corrected chi connectivity index (χ0v) is 36.7. The Morgan fingerprint density at radius 3 is 1.40 bits per heavy atom. The average Bonchev–Trinajstić information content (AvgIpc) is 3.06. The van der Waals surface area contributed by atoms with Gasteiger partial charge in [-0.3, -0.25) is 0 Å². The highest BCUT2D eigenvalue weighted by molar-refractivity contribution is 5.41. The van der Waals surface area contributed by atoms with E-state index in [0.29, 0.717) is 0 Å². The van der Waals surface area contributed by atoms with Gasteiger partial charge in [0.25, 0.3) is 0 Å². The molecule has 0 aromatic rings. The summed E-state index contributed by atoms with van der Waals surface area (Å²) < 4.78 is 0. The van der Waals surface area contributed by atoms with Crippen molar-refractivity contribution >= 4 is 0 Å². The summed E-state index contributed by atoms with van der Waals surface area (Å²) in [6.07, 6.45) is 21.1. The van der Waals surface area contributed by atoms with Crippen LogP contribution in [-0.2, 0) is 0 Å². The van der Waals surface area contributed by atoms with Crippen molar-refractivity contribution in [2.24, 2.45) is 17.2 Å². The molecule has 3 nitrogen and oxygen atoms in total. The fourth-order valence-electron chi connectivity index (χ4n) is 2.63. The van der Waals surface area contributed by atoms with E-state index in [4.69, 9.17) is 17.2 Å². The summed E-state index contributed by atoms with van der Waals surface area (Å²) in [6, 6.07) is 0. The molecule has 0 amide bonds. The summed E-state index contributed by atoms with van der Waals surface area (Å²) >= 11 is 0. The van der Waals surface area contributed by atoms with Crippen LogP contribution in [0.15, 0.2) is 95.3 Å². The van der Waals surface area contributed by atoms with Crippen LogP contribution in [0.1, 0.15) is 183 Å². The van der Waals surface area contributed by atoms with Crippen LogP contribution in [0.3, 0.4) is 0 Å². The lowest BCUT2D eigenvalue weighted by Gasteiger charge is -2.20. The summed E-state index contributed by atoms with van der Waals surface area (Å²) in [5, 5.41) is 0. The van der Waals surface area contributed by atoms with Crippen LogP contribution in [-0.4, -0.2) is 12.1 Å². The Hall–Kier alpha value is -2.36. The predicted octanol–water partition coefficient (Wildman–Crippen LogP) is 14.9. The van der Waals surface area contributed by atoms with Crippen molar-refractivity contribution in [1.29, 1.82) is 0 Å². The van der Waals surface area contributed by atoms with Crippen molar-refractivity contribution in [1.82, 2.24) is 0 Å². The van der Waals surface area contributed by atoms with E-state index in [0.717, 1.165) is 56.3 Å². The first-order valence-electron chi connectivity index (χ1n) is 19.0. The molecule has 0 aliphatic rings. The molecule has 3 heteroatoms. The Balaban J connectivity index is -0.0000000732. The molecule has 0 saturated heterocycles. The van der Waals surface area contributed by atoms with Crippen molar-refractivity contribution in [2.75, 3.05) is 6.54 Å². The van der Waals surface area contributed by atoms with E-state index < -0.39 is 0 Å². The molecular formula is C45H93N3. The second-order valence-electron chi connectivity index (χ2n) is 11.5. The van der Waals surface area contributed by atoms with Gasteiger partial charge in [0.2, 0.25) is 0 Å². The van der Waals surface area contributed by atoms with E-state index in [1.165, 1.54) is 40.7 Å². The first kappa shape index (κ1) is 64.2. The molecule has 0 aliphatic carbocycles. The quantitative estimate of drug-likeness (QED) is 0.103. The third-order valence-electron chi connectivity index (χ3n) is 6.11. The Kier molecular flexibility index (Phi) is 72.4. The standard InChI is InChI=1S/C16H25N.C8H17N.C7H17N.2C4H8.3C2H6/c1-7-16(11-10-15(6)17)14(5)9-8-13(4)12(2)3;1-3-8(2)6-4-5-7-9;1-4-6-7(3,8)5-2;1-4(2)3;1-3-4-2;3*1-2/h8-11H,5,7,17H2,1-4,6H3;2-7,9H2,1H3;4-6,8H2,1-3H3;1H2,2-3H3;3-4H,1-2H3;3*1-2H3/b9-8-,15-10+,16-11+;;;;4-3-;;;. The Labute approximate surface area is 306 Å². The smallest absolute Gasteiger partial charge is 0.0123 e. The van der Waals surface area contributed by atoms with Crippen LogP contribution < -0.4 is 17.2 Å². The van der Waals surface area contributed by atoms with E-state index >= 15 is 0 Å². The molecule has 6 N–H and O–H groups in total. The van der Waals surface area contributed by atoms with Crippen LogP contribution in [0.5, 0.6) is 0 Å². The van der Waals surface area contributed by atoms with Gasteiger partial charge >= 0.3 is 0 Å². The Morgan fingerprint density at radius 2 is 1.15 bits per heavy atom. The fourth-order valence-corrected chi connectivity index (χ4v) is 2.63. The second-order valence-corrected chi connectivity index (χ2v) is 11.5. The molecular weight excluding hydrogens is 583 g/mol. The largest absolute Gasteiger partial charge is 0.402 e. The first-order chi connectivity index (χ1) is 22.5. The van der Waals surface area contributed by atoms with E-state index in [1.807, 2.05) is 100 Å². The zero-order chi connectivity index (χ0) is 40.1. The third-order valence-corrected chi connectivity index (χ3v) is 6.11. The summed E-state index contributed by atoms with van der Waals surface area (Å²) in [6.45, 7) is 51.2. The molecule has 288 valence electrons. The zero-order valence-electron chi connectivity index (χ0n) is 36.7. The van der Waals surface area contributed by atoms with E-state index in [1.54, 1.807) is 0 Å². The molecule has 0 heterocycles. The first-order valence-corrected chi connectivity index (χ1v) is 19.0. The second kappa shape index (κ2) is 54.1. The molecule has 1 unspecified atom stereocenters. The van der Waals surface area contributed by atoms with Crippen molar-refractivity contribution in [2.45, 2.75) is 188 Å². The van der Waals surface area contributed by atoms with Crippen molar-refractivity contribution < 1.29 is 0 Å². The number of nitrogens with two attached hydrogens (primary N) is 3. The molecule has 0 spiro atoms. The summed E-state index contributed by atoms with van der Waals surface area (Å²) in [7, 11) is 0. The van der Waals surface area contributed by atoms with Gasteiger partial charge in [0.15, 0.2) is 0 Å². The van der Waals surface area contributed by atoms with Gasteiger partial charge in [-0.15, -0.1) is 6.58 Å². The molecule has 0 fully saturated rings. The minimum absolute atomic E-state index is 0.0920. The van der Waals surface area contributed by atoms with Crippen LogP contribution in [0, 0.1) is 0 Å². The lowest BCUT2D eigenvalue weighted by molar-refractivity contribution is 0.414. The molecule has 0 aromatic heterocycles. The molecule has 1 atom stereocenters. The molecule has 0 bridgehead atoms. The van der Waals surface area contributed by atoms with Crippen LogP contribution in [0.2, 0.25) is 0 Å². The number of rotatable bonds is 13. The topological polar surface area (TPSA) is 78.1 Å². The molecule has 0 aromatic carbocycles. The van der Waals surface area contributed by atoms with E-state index in [-0.39, 0.29) is 5.54 Å². The third kappa shape index (κ3) is 74.5. The predicted molar refractivity (Wildman–Crippen MR) is 234 cm³/mol. The van der Waals surface area contributed by atoms with Crippen molar-refractivity contribution in [3.05, 3.63) is 95.3 Å². The fraction of sp³-hybridized carbons (Fsp3) is 0.644. The van der Waals surface area contributed by atoms with Crippen LogP contribution in [0.25, 0.3) is 0 Å². The highest BCUT2D eigenvalue weighted by Crippen LogP contribution is 2.15. The van der Waals surface area contributed by atoms with Gasteiger partial charge in [0.05, 0.1) is 0 Å². The maximum absolute atomic E-state index is 5.83. The molecule has 0 saturated carbocycles. The molecule has 48 heavy (non-hydrogen) atoms. The van der Waals surface area contributed by atoms with Crippen LogP contribution >= 0.6 is 0 Å². The SMILES string of the molecule is C/C=C\C.C=C(/C=C\C(C)=C(C)C)/C(=C/C=C(\C)N)CC.C=C(C)C.C=C(CC)CCCCN.CC.CC.CC.CCCC(C)(N)CC. The van der Waals surface area contributed by atoms with Gasteiger partial charge in [-0.1, -0.05) is 141 Å². The van der Waals surface area contributed by atoms with Crippen LogP contribution in [0.4, 0.5) is 0 Å². The van der Waals surface area contributed by atoms with Gasteiger partial charge in [0.1, 0.15) is 0 Å². The lowest BCUT2D eigenvalue weighted by Crippen LogP contribution is -2.34. The maximum atomic E-state index is 5.83. The number of unbranched alkanes of at least 4 members (excludes halogenated alkanes) is 1. The highest BCUT2D eigenvalue weighted by atomic mass is 14.7. The van der Waals surface area contributed by atoms with Gasteiger partial charge in [-0.05, 0) is 131 Å². The molecule has 0 aliphatic heterocycles. The molecule has 0 radical (unpaired) electrons. The summed E-state index contributed by atoms with van der Waals surface area (Å²) in [4.78, 5) is 0. The highest BCUT2D eigenvalue weighted by Gasteiger charge is 2.12.